The fourth-order valence-electron chi connectivity index (χ4n) is 6.90. The van der Waals surface area contributed by atoms with Gasteiger partial charge in [-0.1, -0.05) is 11.6 Å². The van der Waals surface area contributed by atoms with Crippen LogP contribution in [0.4, 0.5) is 0 Å². The predicted octanol–water partition coefficient (Wildman–Crippen LogP) is 5.80. The third kappa shape index (κ3) is 4.98. The Morgan fingerprint density at radius 2 is 1.73 bits per heavy atom. The number of halogens is 2. The number of hydrogen-bond donors (Lipinski definition) is 2. The highest BCUT2D eigenvalue weighted by molar-refractivity contribution is 7.99. The average Bonchev–Trinajstić information content (AvgIpc) is 2.71. The Bertz CT molecular complexity index is 730. The first-order valence-corrected chi connectivity index (χ1v) is 12.9. The van der Waals surface area contributed by atoms with E-state index in [0.717, 1.165) is 54.0 Å². The molecule has 4 bridgehead atoms. The number of piperidine rings is 1. The molecule has 5 fully saturated rings. The maximum atomic E-state index is 13.0. The molecule has 0 spiro atoms. The van der Waals surface area contributed by atoms with Crippen LogP contribution in [-0.2, 0) is 0 Å². The van der Waals surface area contributed by atoms with Crippen LogP contribution in [0.1, 0.15) is 61.7 Å². The van der Waals surface area contributed by atoms with Gasteiger partial charge in [-0.05, 0) is 112 Å². The summed E-state index contributed by atoms with van der Waals surface area (Å²) in [6.07, 6.45) is 10.8. The zero-order chi connectivity index (χ0) is 19.8. The Morgan fingerprint density at radius 3 is 2.37 bits per heavy atom. The summed E-state index contributed by atoms with van der Waals surface area (Å²) in [6, 6.07) is 5.96. The predicted molar refractivity (Wildman–Crippen MR) is 128 cm³/mol. The number of carbonyl (C=O) groups is 1. The van der Waals surface area contributed by atoms with Gasteiger partial charge in [0.2, 0.25) is 0 Å². The molecule has 1 aromatic carbocycles. The highest BCUT2D eigenvalue weighted by Gasteiger charge is 2.50. The number of benzene rings is 1. The molecule has 0 atom stereocenters. The Kier molecular flexibility index (Phi) is 7.29. The van der Waals surface area contributed by atoms with E-state index in [-0.39, 0.29) is 18.3 Å². The van der Waals surface area contributed by atoms with E-state index in [1.807, 2.05) is 23.9 Å². The lowest BCUT2D eigenvalue weighted by Gasteiger charge is -2.56. The van der Waals surface area contributed by atoms with Gasteiger partial charge in [-0.15, -0.1) is 24.2 Å². The third-order valence-electron chi connectivity index (χ3n) is 7.92. The summed E-state index contributed by atoms with van der Waals surface area (Å²) in [5, 5.41) is 7.28. The van der Waals surface area contributed by atoms with Crippen LogP contribution >= 0.6 is 35.8 Å². The molecule has 0 aromatic heterocycles. The van der Waals surface area contributed by atoms with Crippen molar-refractivity contribution in [3.63, 3.8) is 0 Å². The Hall–Kier alpha value is -0.420. The van der Waals surface area contributed by atoms with E-state index in [1.165, 1.54) is 51.4 Å². The number of carbonyl (C=O) groups excluding carboxylic acids is 1. The lowest BCUT2D eigenvalue weighted by molar-refractivity contribution is -0.0503. The van der Waals surface area contributed by atoms with E-state index >= 15 is 0 Å². The Morgan fingerprint density at radius 1 is 1.10 bits per heavy atom. The van der Waals surface area contributed by atoms with Gasteiger partial charge in [0, 0.05) is 17.2 Å². The molecule has 166 valence electrons. The normalized spacial score (nSPS) is 32.6. The molecule has 4 saturated carbocycles. The third-order valence-corrected chi connectivity index (χ3v) is 9.47. The fourth-order valence-corrected chi connectivity index (χ4v) is 8.23. The lowest BCUT2D eigenvalue weighted by Crippen LogP contribution is -2.51. The molecular weight excluding hydrogens is 435 g/mol. The van der Waals surface area contributed by atoms with Gasteiger partial charge in [-0.25, -0.2) is 0 Å². The lowest BCUT2D eigenvalue weighted by atomic mass is 9.49. The SMILES string of the molecule is Cl.O=C(NCC12CC3CC(CC(C3)C1)C2)c1cc(SCC2CCNCC2)ccc1Cl. The van der Waals surface area contributed by atoms with Gasteiger partial charge in [-0.2, -0.15) is 0 Å². The highest BCUT2D eigenvalue weighted by atomic mass is 35.5. The van der Waals surface area contributed by atoms with Crippen LogP contribution in [0.25, 0.3) is 0 Å². The summed E-state index contributed by atoms with van der Waals surface area (Å²) in [5.74, 6) is 4.64. The molecule has 5 aliphatic rings. The zero-order valence-corrected chi connectivity index (χ0v) is 20.0. The van der Waals surface area contributed by atoms with Gasteiger partial charge < -0.3 is 10.6 Å². The number of thioether (sulfide) groups is 1. The number of amides is 1. The number of hydrogen-bond acceptors (Lipinski definition) is 3. The highest BCUT2D eigenvalue weighted by Crippen LogP contribution is 2.59. The summed E-state index contributed by atoms with van der Waals surface area (Å²) in [5.41, 5.74) is 1.00. The summed E-state index contributed by atoms with van der Waals surface area (Å²) < 4.78 is 0. The van der Waals surface area contributed by atoms with Gasteiger partial charge in [0.15, 0.2) is 0 Å². The average molecular weight is 470 g/mol. The summed E-state index contributed by atoms with van der Waals surface area (Å²) >= 11 is 8.28. The monoisotopic (exact) mass is 468 g/mol. The van der Waals surface area contributed by atoms with Crippen LogP contribution in [0, 0.1) is 29.1 Å². The van der Waals surface area contributed by atoms with E-state index in [2.05, 4.69) is 16.7 Å². The van der Waals surface area contributed by atoms with Crippen molar-refractivity contribution in [3.8, 4) is 0 Å². The molecule has 4 aliphatic carbocycles. The van der Waals surface area contributed by atoms with Gasteiger partial charge in [0.1, 0.15) is 0 Å². The largest absolute Gasteiger partial charge is 0.351 e. The standard InChI is InChI=1S/C24H33ClN2OS.ClH/c25-22-2-1-20(29-14-16-3-5-26-6-4-16)10-21(22)23(28)27-15-24-11-17-7-18(12-24)9-19(8-17)13-24;/h1-2,10,16-19,26H,3-9,11-15H2,(H,27,28);1H. The molecule has 0 unspecified atom stereocenters. The van der Waals surface area contributed by atoms with E-state index in [4.69, 9.17) is 11.6 Å². The Balaban J connectivity index is 0.00000218. The van der Waals surface area contributed by atoms with Crippen LogP contribution in [0.5, 0.6) is 0 Å². The molecule has 30 heavy (non-hydrogen) atoms. The van der Waals surface area contributed by atoms with Crippen LogP contribution in [0.2, 0.25) is 5.02 Å². The Labute approximate surface area is 196 Å². The summed E-state index contributed by atoms with van der Waals surface area (Å²) in [6.45, 7) is 3.09. The van der Waals surface area contributed by atoms with E-state index in [0.29, 0.717) is 16.0 Å². The second-order valence-electron chi connectivity index (χ2n) is 10.2. The quantitative estimate of drug-likeness (QED) is 0.518. The zero-order valence-electron chi connectivity index (χ0n) is 17.6. The minimum atomic E-state index is 0. The van der Waals surface area contributed by atoms with Crippen LogP contribution in [0.15, 0.2) is 23.1 Å². The van der Waals surface area contributed by atoms with Crippen LogP contribution < -0.4 is 10.6 Å². The van der Waals surface area contributed by atoms with Gasteiger partial charge in [-0.3, -0.25) is 4.79 Å². The molecule has 3 nitrogen and oxygen atoms in total. The van der Waals surface area contributed by atoms with E-state index < -0.39 is 0 Å². The van der Waals surface area contributed by atoms with Crippen molar-refractivity contribution in [2.24, 2.45) is 29.1 Å². The van der Waals surface area contributed by atoms with Crippen molar-refractivity contribution < 1.29 is 4.79 Å². The van der Waals surface area contributed by atoms with Crippen LogP contribution in [-0.4, -0.2) is 31.3 Å². The molecular formula is C24H34Cl2N2OS. The van der Waals surface area contributed by atoms with Crippen molar-refractivity contribution in [3.05, 3.63) is 28.8 Å². The smallest absolute Gasteiger partial charge is 0.252 e. The molecule has 1 aliphatic heterocycles. The second-order valence-corrected chi connectivity index (χ2v) is 11.7. The van der Waals surface area contributed by atoms with Crippen molar-refractivity contribution in [1.82, 2.24) is 10.6 Å². The first-order valence-electron chi connectivity index (χ1n) is 11.5. The van der Waals surface area contributed by atoms with E-state index in [9.17, 15) is 4.79 Å². The van der Waals surface area contributed by atoms with Crippen LogP contribution in [0.3, 0.4) is 0 Å². The van der Waals surface area contributed by atoms with Gasteiger partial charge in [0.25, 0.3) is 5.91 Å². The molecule has 6 rings (SSSR count). The molecule has 0 radical (unpaired) electrons. The first-order chi connectivity index (χ1) is 14.1. The molecule has 1 heterocycles. The maximum absolute atomic E-state index is 13.0. The minimum absolute atomic E-state index is 0. The van der Waals surface area contributed by atoms with Gasteiger partial charge in [0.05, 0.1) is 10.6 Å². The van der Waals surface area contributed by atoms with Crippen molar-refractivity contribution in [1.29, 1.82) is 0 Å². The maximum Gasteiger partial charge on any atom is 0.252 e. The minimum Gasteiger partial charge on any atom is -0.351 e. The van der Waals surface area contributed by atoms with Gasteiger partial charge >= 0.3 is 0 Å². The molecule has 6 heteroatoms. The molecule has 2 N–H and O–H groups in total. The van der Waals surface area contributed by atoms with Crippen molar-refractivity contribution >= 4 is 41.7 Å². The number of nitrogens with one attached hydrogen (secondary N) is 2. The molecule has 1 saturated heterocycles. The number of rotatable bonds is 6. The summed E-state index contributed by atoms with van der Waals surface area (Å²) in [7, 11) is 0. The summed E-state index contributed by atoms with van der Waals surface area (Å²) in [4.78, 5) is 14.2. The van der Waals surface area contributed by atoms with Crippen molar-refractivity contribution in [2.45, 2.75) is 56.3 Å². The molecule has 1 amide bonds. The van der Waals surface area contributed by atoms with Crippen molar-refractivity contribution in [2.75, 3.05) is 25.4 Å². The molecule has 1 aromatic rings. The van der Waals surface area contributed by atoms with E-state index in [1.54, 1.807) is 0 Å². The topological polar surface area (TPSA) is 41.1 Å². The second kappa shape index (κ2) is 9.60. The first kappa shape index (κ1) is 22.8. The fraction of sp³-hybridized carbons (Fsp3) is 0.708.